The van der Waals surface area contributed by atoms with Gasteiger partial charge in [-0.25, -0.2) is 0 Å². The first-order valence-electron chi connectivity index (χ1n) is 7.05. The zero-order chi connectivity index (χ0) is 10.5. The van der Waals surface area contributed by atoms with E-state index in [1.54, 1.807) is 0 Å². The van der Waals surface area contributed by atoms with Crippen LogP contribution in [-0.4, -0.2) is 53.8 Å². The van der Waals surface area contributed by atoms with Crippen molar-refractivity contribution in [3.8, 4) is 0 Å². The van der Waals surface area contributed by atoms with Gasteiger partial charge in [-0.1, -0.05) is 6.42 Å². The van der Waals surface area contributed by atoms with E-state index in [-0.39, 0.29) is 0 Å². The molecule has 4 fully saturated rings. The van der Waals surface area contributed by atoms with Crippen molar-refractivity contribution in [3.05, 3.63) is 0 Å². The molecule has 0 amide bonds. The molecule has 3 aliphatic heterocycles. The fourth-order valence-electron chi connectivity index (χ4n) is 4.24. The first kappa shape index (κ1) is 9.86. The third-order valence-electron chi connectivity index (χ3n) is 5.11. The molecule has 3 heterocycles. The number of hydrogen-bond donors (Lipinski definition) is 0. The van der Waals surface area contributed by atoms with Crippen LogP contribution in [0.15, 0.2) is 0 Å². The molecule has 4 unspecified atom stereocenters. The molecule has 1 saturated carbocycles. The molecule has 3 heteroatoms. The van der Waals surface area contributed by atoms with Gasteiger partial charge in [-0.2, -0.15) is 0 Å². The Morgan fingerprint density at radius 3 is 2.94 bits per heavy atom. The van der Waals surface area contributed by atoms with Crippen LogP contribution in [-0.2, 0) is 4.74 Å². The van der Waals surface area contributed by atoms with Crippen LogP contribution in [0.4, 0.5) is 0 Å². The Hall–Kier alpha value is -0.120. The molecule has 0 aromatic rings. The lowest BCUT2D eigenvalue weighted by Gasteiger charge is -2.52. The lowest BCUT2D eigenvalue weighted by Crippen LogP contribution is -2.64. The fourth-order valence-corrected chi connectivity index (χ4v) is 4.24. The highest BCUT2D eigenvalue weighted by Gasteiger charge is 2.45. The van der Waals surface area contributed by atoms with E-state index in [9.17, 15) is 0 Å². The molecule has 2 bridgehead atoms. The molecular formula is C13H22N2O. The van der Waals surface area contributed by atoms with E-state index in [2.05, 4.69) is 9.80 Å². The normalized spacial score (nSPS) is 48.8. The molecule has 0 aromatic carbocycles. The molecule has 1 aliphatic carbocycles. The van der Waals surface area contributed by atoms with Crippen LogP contribution in [0, 0.1) is 0 Å². The zero-order valence-electron chi connectivity index (χ0n) is 9.98. The van der Waals surface area contributed by atoms with E-state index in [0.717, 1.165) is 12.1 Å². The Bertz CT molecular complexity index is 283. The van der Waals surface area contributed by atoms with Gasteiger partial charge < -0.3 is 4.74 Å². The number of piperidine rings is 1. The number of hydrogen-bond acceptors (Lipinski definition) is 3. The van der Waals surface area contributed by atoms with Gasteiger partial charge in [0, 0.05) is 25.2 Å². The molecule has 0 N–H and O–H groups in total. The Labute approximate surface area is 97.7 Å². The molecule has 90 valence electrons. The molecular weight excluding hydrogens is 200 g/mol. The van der Waals surface area contributed by atoms with Crippen molar-refractivity contribution in [2.45, 2.75) is 62.9 Å². The SMILES string of the molecule is C1CCN2CC3OC4CCC(C4)N3CC2C1. The standard InChI is InChI=1S/C13H22N2O/c1-2-6-14-9-13-15(8-11(14)3-1)10-4-5-12(7-10)16-13/h10-13H,1-9H2. The Kier molecular flexibility index (Phi) is 2.27. The topological polar surface area (TPSA) is 15.7 Å². The second-order valence-electron chi connectivity index (χ2n) is 6.02. The van der Waals surface area contributed by atoms with Gasteiger partial charge in [0.1, 0.15) is 6.23 Å². The van der Waals surface area contributed by atoms with E-state index in [1.165, 1.54) is 58.2 Å². The van der Waals surface area contributed by atoms with Gasteiger partial charge in [-0.05, 0) is 38.6 Å². The summed E-state index contributed by atoms with van der Waals surface area (Å²) in [6.07, 6.45) is 9.27. The van der Waals surface area contributed by atoms with Gasteiger partial charge in [-0.3, -0.25) is 9.80 Å². The highest BCUT2D eigenvalue weighted by atomic mass is 16.5. The van der Waals surface area contributed by atoms with Crippen molar-refractivity contribution in [1.82, 2.24) is 9.80 Å². The van der Waals surface area contributed by atoms with Crippen molar-refractivity contribution in [2.24, 2.45) is 0 Å². The van der Waals surface area contributed by atoms with Crippen LogP contribution in [0.2, 0.25) is 0 Å². The minimum absolute atomic E-state index is 0.431. The van der Waals surface area contributed by atoms with E-state index in [4.69, 9.17) is 4.74 Å². The van der Waals surface area contributed by atoms with Gasteiger partial charge in [0.25, 0.3) is 0 Å². The van der Waals surface area contributed by atoms with Crippen LogP contribution in [0.25, 0.3) is 0 Å². The number of piperazine rings is 1. The molecule has 4 aliphatic rings. The Morgan fingerprint density at radius 2 is 1.94 bits per heavy atom. The molecule has 16 heavy (non-hydrogen) atoms. The largest absolute Gasteiger partial charge is 0.358 e. The summed E-state index contributed by atoms with van der Waals surface area (Å²) in [7, 11) is 0. The highest BCUT2D eigenvalue weighted by molar-refractivity contribution is 4.97. The number of fused-ring (bicyclic) bond motifs is 5. The molecule has 0 radical (unpaired) electrons. The zero-order valence-corrected chi connectivity index (χ0v) is 9.98. The summed E-state index contributed by atoms with van der Waals surface area (Å²) >= 11 is 0. The minimum Gasteiger partial charge on any atom is -0.358 e. The van der Waals surface area contributed by atoms with Gasteiger partial charge >= 0.3 is 0 Å². The van der Waals surface area contributed by atoms with Crippen molar-refractivity contribution < 1.29 is 4.74 Å². The minimum atomic E-state index is 0.431. The predicted molar refractivity (Wildman–Crippen MR) is 62.2 cm³/mol. The molecule has 3 nitrogen and oxygen atoms in total. The summed E-state index contributed by atoms with van der Waals surface area (Å²) in [5.74, 6) is 0. The Morgan fingerprint density at radius 1 is 0.938 bits per heavy atom. The maximum absolute atomic E-state index is 6.21. The molecule has 4 rings (SSSR count). The second kappa shape index (κ2) is 3.69. The maximum Gasteiger partial charge on any atom is 0.124 e. The van der Waals surface area contributed by atoms with Crippen molar-refractivity contribution in [3.63, 3.8) is 0 Å². The number of nitrogens with zero attached hydrogens (tertiary/aromatic N) is 2. The van der Waals surface area contributed by atoms with Gasteiger partial charge in [0.15, 0.2) is 0 Å². The van der Waals surface area contributed by atoms with Crippen LogP contribution in [0.3, 0.4) is 0 Å². The van der Waals surface area contributed by atoms with Gasteiger partial charge in [-0.15, -0.1) is 0 Å². The van der Waals surface area contributed by atoms with Crippen molar-refractivity contribution >= 4 is 0 Å². The average molecular weight is 222 g/mol. The van der Waals surface area contributed by atoms with Crippen molar-refractivity contribution in [1.29, 1.82) is 0 Å². The predicted octanol–water partition coefficient (Wildman–Crippen LogP) is 1.43. The van der Waals surface area contributed by atoms with Crippen molar-refractivity contribution in [2.75, 3.05) is 19.6 Å². The quantitative estimate of drug-likeness (QED) is 0.617. The summed E-state index contributed by atoms with van der Waals surface area (Å²) in [6, 6.07) is 1.69. The highest BCUT2D eigenvalue weighted by Crippen LogP contribution is 2.38. The second-order valence-corrected chi connectivity index (χ2v) is 6.02. The number of rotatable bonds is 0. The summed E-state index contributed by atoms with van der Waals surface area (Å²) in [4.78, 5) is 5.38. The van der Waals surface area contributed by atoms with Crippen LogP contribution in [0.1, 0.15) is 38.5 Å². The summed E-state index contributed by atoms with van der Waals surface area (Å²) < 4.78 is 6.21. The van der Waals surface area contributed by atoms with Gasteiger partial charge in [0.2, 0.25) is 0 Å². The summed E-state index contributed by atoms with van der Waals surface area (Å²) in [6.45, 7) is 3.77. The molecule has 0 aromatic heterocycles. The van der Waals surface area contributed by atoms with E-state index < -0.39 is 0 Å². The summed E-state index contributed by atoms with van der Waals surface area (Å²) in [5, 5.41) is 0. The lowest BCUT2D eigenvalue weighted by atomic mass is 9.97. The first-order chi connectivity index (χ1) is 7.90. The maximum atomic E-state index is 6.21. The third kappa shape index (κ3) is 1.45. The van der Waals surface area contributed by atoms with E-state index in [1.807, 2.05) is 0 Å². The third-order valence-corrected chi connectivity index (χ3v) is 5.11. The van der Waals surface area contributed by atoms with Crippen LogP contribution in [0.5, 0.6) is 0 Å². The fraction of sp³-hybridized carbons (Fsp3) is 1.00. The average Bonchev–Trinajstić information content (AvgIpc) is 2.71. The number of ether oxygens (including phenoxy) is 1. The molecule has 3 saturated heterocycles. The van der Waals surface area contributed by atoms with Crippen LogP contribution >= 0.6 is 0 Å². The molecule has 4 atom stereocenters. The van der Waals surface area contributed by atoms with Gasteiger partial charge in [0.05, 0.1) is 6.10 Å². The first-order valence-corrected chi connectivity index (χ1v) is 7.05. The monoisotopic (exact) mass is 222 g/mol. The Balaban J connectivity index is 1.54. The van der Waals surface area contributed by atoms with Crippen LogP contribution < -0.4 is 0 Å². The lowest BCUT2D eigenvalue weighted by molar-refractivity contribution is -0.181. The molecule has 0 spiro atoms. The van der Waals surface area contributed by atoms with E-state index in [0.29, 0.717) is 12.3 Å². The summed E-state index contributed by atoms with van der Waals surface area (Å²) in [5.41, 5.74) is 0. The smallest absolute Gasteiger partial charge is 0.124 e. The van der Waals surface area contributed by atoms with E-state index >= 15 is 0 Å².